The van der Waals surface area contributed by atoms with Crippen molar-refractivity contribution in [3.05, 3.63) is 59.9 Å². The maximum atomic E-state index is 13.1. The van der Waals surface area contributed by atoms with E-state index in [-0.39, 0.29) is 23.2 Å². The second kappa shape index (κ2) is 9.64. The predicted octanol–water partition coefficient (Wildman–Crippen LogP) is 3.01. The second-order valence-corrected chi connectivity index (χ2v) is 11.5. The van der Waals surface area contributed by atoms with Crippen molar-refractivity contribution in [1.82, 2.24) is 8.61 Å². The molecule has 0 unspecified atom stereocenters. The molecule has 1 saturated heterocycles. The quantitative estimate of drug-likeness (QED) is 0.563. The first-order chi connectivity index (χ1) is 14.6. The molecule has 0 radical (unpaired) electrons. The molecule has 0 aromatic heterocycles. The van der Waals surface area contributed by atoms with Gasteiger partial charge in [0.1, 0.15) is 11.6 Å². The highest BCUT2D eigenvalue weighted by Crippen LogP contribution is 2.35. The topological polar surface area (TPSA) is 84.0 Å². The van der Waals surface area contributed by atoms with Crippen molar-refractivity contribution in [2.45, 2.75) is 30.7 Å². The zero-order valence-corrected chi connectivity index (χ0v) is 19.2. The van der Waals surface area contributed by atoms with E-state index in [1.807, 2.05) is 31.2 Å². The van der Waals surface area contributed by atoms with E-state index < -0.39 is 25.9 Å². The largest absolute Gasteiger partial charge is 0.494 e. The lowest BCUT2D eigenvalue weighted by Gasteiger charge is -2.26. The number of sulfonamides is 2. The first-order valence-corrected chi connectivity index (χ1v) is 13.1. The summed E-state index contributed by atoms with van der Waals surface area (Å²) in [4.78, 5) is -0.0813. The Hall–Kier alpha value is -2.01. The Morgan fingerprint density at radius 3 is 2.32 bits per heavy atom. The number of ether oxygens (including phenoxy) is 1. The third-order valence-corrected chi connectivity index (χ3v) is 9.04. The van der Waals surface area contributed by atoms with Gasteiger partial charge in [0.25, 0.3) is 0 Å². The lowest BCUT2D eigenvalue weighted by atomic mass is 10.1. The summed E-state index contributed by atoms with van der Waals surface area (Å²) in [5.41, 5.74) is 0.886. The Bertz CT molecular complexity index is 1090. The standard InChI is InChI=1S/C21H27FN2O5S2/c1-3-29-19-10-6-17(7-11-19)21-5-4-14-24(21)30(25,26)16-15-23(2)31(27,28)20-12-8-18(22)9-13-20/h6-13,21H,3-5,14-16H2,1-2H3/t21-/m0/s1. The fourth-order valence-corrected chi connectivity index (χ4v) is 6.68. The third-order valence-electron chi connectivity index (χ3n) is 5.32. The first-order valence-electron chi connectivity index (χ1n) is 10.1. The molecule has 10 heteroatoms. The van der Waals surface area contributed by atoms with Gasteiger partial charge in [-0.1, -0.05) is 12.1 Å². The molecule has 0 spiro atoms. The van der Waals surface area contributed by atoms with E-state index in [9.17, 15) is 21.2 Å². The molecular weight excluding hydrogens is 443 g/mol. The van der Waals surface area contributed by atoms with Crippen LogP contribution in [0.1, 0.15) is 31.4 Å². The van der Waals surface area contributed by atoms with Gasteiger partial charge in [0.05, 0.1) is 17.3 Å². The Morgan fingerprint density at radius 2 is 1.71 bits per heavy atom. The third kappa shape index (κ3) is 5.43. The molecule has 1 aliphatic heterocycles. The van der Waals surface area contributed by atoms with Crippen molar-refractivity contribution in [2.24, 2.45) is 0 Å². The molecule has 0 N–H and O–H groups in total. The van der Waals surface area contributed by atoms with E-state index in [1.165, 1.54) is 11.4 Å². The van der Waals surface area contributed by atoms with Crippen LogP contribution in [0.15, 0.2) is 53.4 Å². The van der Waals surface area contributed by atoms with Gasteiger partial charge in [0, 0.05) is 26.2 Å². The summed E-state index contributed by atoms with van der Waals surface area (Å²) >= 11 is 0. The van der Waals surface area contributed by atoms with E-state index in [2.05, 4.69) is 0 Å². The van der Waals surface area contributed by atoms with Gasteiger partial charge >= 0.3 is 0 Å². The van der Waals surface area contributed by atoms with Gasteiger partial charge < -0.3 is 4.74 Å². The maximum Gasteiger partial charge on any atom is 0.242 e. The van der Waals surface area contributed by atoms with Crippen molar-refractivity contribution in [3.63, 3.8) is 0 Å². The van der Waals surface area contributed by atoms with Crippen LogP contribution in [0, 0.1) is 5.82 Å². The summed E-state index contributed by atoms with van der Waals surface area (Å²) in [6, 6.07) is 11.6. The molecule has 7 nitrogen and oxygen atoms in total. The summed E-state index contributed by atoms with van der Waals surface area (Å²) in [6.45, 7) is 2.65. The van der Waals surface area contributed by atoms with Gasteiger partial charge in [-0.15, -0.1) is 0 Å². The maximum absolute atomic E-state index is 13.1. The molecule has 1 fully saturated rings. The summed E-state index contributed by atoms with van der Waals surface area (Å²) in [6.07, 6.45) is 1.44. The number of benzene rings is 2. The molecule has 1 atom stereocenters. The highest BCUT2D eigenvalue weighted by molar-refractivity contribution is 7.90. The zero-order chi connectivity index (χ0) is 22.6. The van der Waals surface area contributed by atoms with Gasteiger partial charge in [0.15, 0.2) is 0 Å². The average molecular weight is 471 g/mol. The van der Waals surface area contributed by atoms with Crippen LogP contribution in [0.4, 0.5) is 4.39 Å². The van der Waals surface area contributed by atoms with Crippen molar-refractivity contribution >= 4 is 20.0 Å². The number of hydrogen-bond acceptors (Lipinski definition) is 5. The van der Waals surface area contributed by atoms with Crippen LogP contribution < -0.4 is 4.74 Å². The Morgan fingerprint density at radius 1 is 1.06 bits per heavy atom. The molecule has 1 heterocycles. The molecule has 3 rings (SSSR count). The van der Waals surface area contributed by atoms with Crippen LogP contribution >= 0.6 is 0 Å². The Labute approximate surface area is 183 Å². The molecule has 170 valence electrons. The minimum absolute atomic E-state index is 0.0813. The Kier molecular flexibility index (Phi) is 7.35. The van der Waals surface area contributed by atoms with Gasteiger partial charge in [-0.3, -0.25) is 0 Å². The van der Waals surface area contributed by atoms with Crippen LogP contribution in [-0.4, -0.2) is 57.9 Å². The fraction of sp³-hybridized carbons (Fsp3) is 0.429. The number of halogens is 1. The van der Waals surface area contributed by atoms with E-state index in [0.717, 1.165) is 46.3 Å². The highest BCUT2D eigenvalue weighted by atomic mass is 32.2. The minimum atomic E-state index is -3.91. The fourth-order valence-electron chi connectivity index (χ4n) is 3.63. The van der Waals surface area contributed by atoms with Crippen molar-refractivity contribution in [2.75, 3.05) is 32.5 Å². The van der Waals surface area contributed by atoms with Gasteiger partial charge in [-0.25, -0.2) is 21.2 Å². The smallest absolute Gasteiger partial charge is 0.242 e. The van der Waals surface area contributed by atoms with Crippen molar-refractivity contribution in [3.8, 4) is 5.75 Å². The van der Waals surface area contributed by atoms with E-state index in [0.29, 0.717) is 19.6 Å². The van der Waals surface area contributed by atoms with Crippen LogP contribution in [0.3, 0.4) is 0 Å². The molecule has 0 saturated carbocycles. The van der Waals surface area contributed by atoms with Crippen molar-refractivity contribution in [1.29, 1.82) is 0 Å². The molecule has 0 bridgehead atoms. The lowest BCUT2D eigenvalue weighted by molar-refractivity contribution is 0.339. The predicted molar refractivity (Wildman–Crippen MR) is 116 cm³/mol. The van der Waals surface area contributed by atoms with Gasteiger partial charge in [-0.2, -0.15) is 8.61 Å². The molecule has 0 aliphatic carbocycles. The molecule has 2 aromatic carbocycles. The summed E-state index contributed by atoms with van der Waals surface area (Å²) < 4.78 is 72.3. The molecule has 0 amide bonds. The molecular formula is C21H27FN2O5S2. The van der Waals surface area contributed by atoms with Crippen LogP contribution in [-0.2, 0) is 20.0 Å². The molecule has 31 heavy (non-hydrogen) atoms. The van der Waals surface area contributed by atoms with E-state index in [4.69, 9.17) is 4.74 Å². The summed E-state index contributed by atoms with van der Waals surface area (Å²) in [7, 11) is -6.27. The van der Waals surface area contributed by atoms with Crippen LogP contribution in [0.2, 0.25) is 0 Å². The zero-order valence-electron chi connectivity index (χ0n) is 17.6. The van der Waals surface area contributed by atoms with Gasteiger partial charge in [0.2, 0.25) is 20.0 Å². The highest BCUT2D eigenvalue weighted by Gasteiger charge is 2.35. The van der Waals surface area contributed by atoms with E-state index >= 15 is 0 Å². The van der Waals surface area contributed by atoms with Crippen LogP contribution in [0.5, 0.6) is 5.75 Å². The number of rotatable bonds is 9. The Balaban J connectivity index is 1.70. The first kappa shape index (κ1) is 23.6. The number of hydrogen-bond donors (Lipinski definition) is 0. The SMILES string of the molecule is CCOc1ccc([C@@H]2CCCN2S(=O)(=O)CCN(C)S(=O)(=O)c2ccc(F)cc2)cc1. The normalized spacial score (nSPS) is 17.9. The average Bonchev–Trinajstić information content (AvgIpc) is 3.24. The summed E-state index contributed by atoms with van der Waals surface area (Å²) in [5.74, 6) is -0.151. The van der Waals surface area contributed by atoms with Gasteiger partial charge in [-0.05, 0) is 61.7 Å². The minimum Gasteiger partial charge on any atom is -0.494 e. The summed E-state index contributed by atoms with van der Waals surface area (Å²) in [5, 5.41) is 0. The lowest BCUT2D eigenvalue weighted by Crippen LogP contribution is -2.38. The second-order valence-electron chi connectivity index (χ2n) is 7.37. The number of nitrogens with zero attached hydrogens (tertiary/aromatic N) is 2. The monoisotopic (exact) mass is 470 g/mol. The molecule has 2 aromatic rings. The van der Waals surface area contributed by atoms with Crippen molar-refractivity contribution < 1.29 is 26.0 Å². The van der Waals surface area contributed by atoms with E-state index in [1.54, 1.807) is 0 Å². The molecule has 1 aliphatic rings. The van der Waals surface area contributed by atoms with Crippen LogP contribution in [0.25, 0.3) is 0 Å².